The molecule has 2 N–H and O–H groups in total. The number of esters is 1. The molecule has 0 saturated carbocycles. The van der Waals surface area contributed by atoms with Crippen molar-refractivity contribution in [2.75, 3.05) is 13.7 Å². The molecule has 116 valence electrons. The van der Waals surface area contributed by atoms with Crippen molar-refractivity contribution in [3.63, 3.8) is 0 Å². The van der Waals surface area contributed by atoms with Crippen molar-refractivity contribution < 1.29 is 17.9 Å². The minimum absolute atomic E-state index is 0.112. The summed E-state index contributed by atoms with van der Waals surface area (Å²) in [5.41, 5.74) is -1.82. The summed E-state index contributed by atoms with van der Waals surface area (Å²) in [5.74, 6) is -0.667. The quantitative estimate of drug-likeness (QED) is 0.672. The predicted octanol–water partition coefficient (Wildman–Crippen LogP) is -1.22. The van der Waals surface area contributed by atoms with Crippen molar-refractivity contribution in [1.29, 1.82) is 0 Å². The van der Waals surface area contributed by atoms with Crippen molar-refractivity contribution in [2.24, 2.45) is 0 Å². The number of nitrogens with zero attached hydrogens (tertiary/aromatic N) is 1. The number of sulfonamides is 1. The Morgan fingerprint density at radius 2 is 2.10 bits per heavy atom. The van der Waals surface area contributed by atoms with Gasteiger partial charge in [0.05, 0.1) is 7.11 Å². The van der Waals surface area contributed by atoms with Crippen molar-refractivity contribution >= 4 is 16.0 Å². The molecule has 0 aromatic carbocycles. The summed E-state index contributed by atoms with van der Waals surface area (Å²) in [4.78, 5) is 37.7. The highest BCUT2D eigenvalue weighted by molar-refractivity contribution is 7.89. The number of ether oxygens (including phenoxy) is 1. The molecule has 1 aliphatic rings. The van der Waals surface area contributed by atoms with Gasteiger partial charge in [-0.1, -0.05) is 0 Å². The van der Waals surface area contributed by atoms with E-state index in [4.69, 9.17) is 0 Å². The van der Waals surface area contributed by atoms with Gasteiger partial charge in [0.1, 0.15) is 6.04 Å². The molecule has 0 amide bonds. The van der Waals surface area contributed by atoms with E-state index in [0.29, 0.717) is 19.3 Å². The lowest BCUT2D eigenvalue weighted by Gasteiger charge is -2.32. The molecule has 2 heterocycles. The predicted molar refractivity (Wildman–Crippen MR) is 71.2 cm³/mol. The van der Waals surface area contributed by atoms with E-state index in [1.165, 1.54) is 7.11 Å². The molecule has 10 heteroatoms. The second-order valence-electron chi connectivity index (χ2n) is 4.59. The molecule has 21 heavy (non-hydrogen) atoms. The fraction of sp³-hybridized carbons (Fsp3) is 0.545. The Morgan fingerprint density at radius 3 is 2.71 bits per heavy atom. The number of carbonyl (C=O) groups is 1. The van der Waals surface area contributed by atoms with Crippen molar-refractivity contribution in [3.05, 3.63) is 27.0 Å². The molecule has 1 aromatic rings. The Hall–Kier alpha value is -1.94. The normalized spacial score (nSPS) is 20.1. The van der Waals surface area contributed by atoms with Gasteiger partial charge in [-0.25, -0.2) is 13.2 Å². The topological polar surface area (TPSA) is 129 Å². The highest BCUT2D eigenvalue weighted by Gasteiger charge is 2.39. The average molecular weight is 317 g/mol. The van der Waals surface area contributed by atoms with Gasteiger partial charge in [-0.3, -0.25) is 14.6 Å². The van der Waals surface area contributed by atoms with Gasteiger partial charge in [0.25, 0.3) is 15.6 Å². The fourth-order valence-electron chi connectivity index (χ4n) is 2.28. The molecule has 1 atom stereocenters. The van der Waals surface area contributed by atoms with Crippen molar-refractivity contribution in [1.82, 2.24) is 14.3 Å². The second kappa shape index (κ2) is 5.82. The summed E-state index contributed by atoms with van der Waals surface area (Å²) in [6, 6.07) is -0.958. The van der Waals surface area contributed by atoms with Gasteiger partial charge in [0.15, 0.2) is 4.90 Å². The van der Waals surface area contributed by atoms with Gasteiger partial charge in [0.2, 0.25) is 0 Å². The van der Waals surface area contributed by atoms with Gasteiger partial charge in [-0.15, -0.1) is 0 Å². The molecule has 2 rings (SSSR count). The second-order valence-corrected chi connectivity index (χ2v) is 6.45. The number of nitrogens with one attached hydrogen (secondary N) is 2. The van der Waals surface area contributed by atoms with E-state index in [0.717, 1.165) is 10.5 Å². The van der Waals surface area contributed by atoms with Crippen molar-refractivity contribution in [2.45, 2.75) is 30.2 Å². The highest BCUT2D eigenvalue weighted by Crippen LogP contribution is 2.24. The van der Waals surface area contributed by atoms with Crippen LogP contribution in [0.2, 0.25) is 0 Å². The highest BCUT2D eigenvalue weighted by atomic mass is 32.2. The number of H-pyrrole nitrogens is 2. The minimum Gasteiger partial charge on any atom is -0.468 e. The van der Waals surface area contributed by atoms with Crippen LogP contribution < -0.4 is 11.2 Å². The first-order chi connectivity index (χ1) is 9.87. The van der Waals surface area contributed by atoms with Crippen LogP contribution >= 0.6 is 0 Å². The van der Waals surface area contributed by atoms with E-state index in [1.54, 1.807) is 0 Å². The largest absolute Gasteiger partial charge is 0.468 e. The first-order valence-electron chi connectivity index (χ1n) is 6.29. The number of hydrogen-bond donors (Lipinski definition) is 2. The third-order valence-corrected chi connectivity index (χ3v) is 5.21. The number of carbonyl (C=O) groups excluding carboxylic acids is 1. The van der Waals surface area contributed by atoms with E-state index in [2.05, 4.69) is 9.72 Å². The van der Waals surface area contributed by atoms with E-state index < -0.39 is 38.2 Å². The first kappa shape index (κ1) is 15.4. The Morgan fingerprint density at radius 1 is 1.38 bits per heavy atom. The van der Waals surface area contributed by atoms with Crippen molar-refractivity contribution in [3.8, 4) is 0 Å². The number of aromatic amines is 2. The average Bonchev–Trinajstić information content (AvgIpc) is 2.46. The maximum absolute atomic E-state index is 12.5. The molecule has 1 fully saturated rings. The molecular weight excluding hydrogens is 302 g/mol. The lowest BCUT2D eigenvalue weighted by molar-refractivity contribution is -0.146. The van der Waals surface area contributed by atoms with E-state index >= 15 is 0 Å². The zero-order valence-corrected chi connectivity index (χ0v) is 12.1. The zero-order valence-electron chi connectivity index (χ0n) is 11.3. The SMILES string of the molecule is COC(=O)C1CCCCN1S(=O)(=O)c1c[nH]c(=O)[nH]c1=O. The summed E-state index contributed by atoms with van der Waals surface area (Å²) in [7, 11) is -3.02. The van der Waals surface area contributed by atoms with Crippen LogP contribution in [0.4, 0.5) is 0 Å². The van der Waals surface area contributed by atoms with Crippen LogP contribution in [0.3, 0.4) is 0 Å². The molecule has 1 saturated heterocycles. The number of rotatable bonds is 3. The van der Waals surface area contributed by atoms with Crippen LogP contribution in [-0.4, -0.2) is 48.4 Å². The molecule has 1 aliphatic heterocycles. The summed E-state index contributed by atoms with van der Waals surface area (Å²) in [6.07, 6.45) is 2.42. The number of piperidine rings is 1. The lowest BCUT2D eigenvalue weighted by Crippen LogP contribution is -2.49. The Labute approximate surface area is 120 Å². The molecule has 9 nitrogen and oxygen atoms in total. The monoisotopic (exact) mass is 317 g/mol. The third kappa shape index (κ3) is 2.90. The van der Waals surface area contributed by atoms with Gasteiger partial charge in [-0.05, 0) is 19.3 Å². The Bertz CT molecular complexity index is 750. The number of hydrogen-bond acceptors (Lipinski definition) is 6. The molecule has 0 bridgehead atoms. The van der Waals surface area contributed by atoms with Gasteiger partial charge in [0, 0.05) is 12.7 Å². The van der Waals surface area contributed by atoms with E-state index in [9.17, 15) is 22.8 Å². The van der Waals surface area contributed by atoms with Crippen LogP contribution in [0, 0.1) is 0 Å². The standard InChI is InChI=1S/C11H15N3O6S/c1-20-10(16)7-4-2-3-5-14(7)21(18,19)8-6-12-11(17)13-9(8)15/h6-7H,2-5H2,1H3,(H2,12,13,15,17). The molecular formula is C11H15N3O6S. The van der Waals surface area contributed by atoms with Crippen LogP contribution in [0.25, 0.3) is 0 Å². The Kier molecular flexibility index (Phi) is 4.28. The van der Waals surface area contributed by atoms with Crippen LogP contribution in [0.15, 0.2) is 20.7 Å². The molecule has 0 spiro atoms. The minimum atomic E-state index is -4.20. The zero-order chi connectivity index (χ0) is 15.6. The van der Waals surface area contributed by atoms with Gasteiger partial charge in [-0.2, -0.15) is 4.31 Å². The summed E-state index contributed by atoms with van der Waals surface area (Å²) >= 11 is 0. The van der Waals surface area contributed by atoms with Gasteiger partial charge < -0.3 is 9.72 Å². The maximum atomic E-state index is 12.5. The van der Waals surface area contributed by atoms with Crippen LogP contribution in [0.5, 0.6) is 0 Å². The summed E-state index contributed by atoms with van der Waals surface area (Å²) in [5, 5.41) is 0. The number of methoxy groups -OCH3 is 1. The first-order valence-corrected chi connectivity index (χ1v) is 7.73. The smallest absolute Gasteiger partial charge is 0.325 e. The van der Waals surface area contributed by atoms with E-state index in [-0.39, 0.29) is 6.54 Å². The van der Waals surface area contributed by atoms with E-state index in [1.807, 2.05) is 4.98 Å². The third-order valence-electron chi connectivity index (χ3n) is 3.30. The fourth-order valence-corrected chi connectivity index (χ4v) is 3.92. The van der Waals surface area contributed by atoms with Crippen LogP contribution in [0.1, 0.15) is 19.3 Å². The molecule has 0 aliphatic carbocycles. The molecule has 1 aromatic heterocycles. The summed E-state index contributed by atoms with van der Waals surface area (Å²) in [6.45, 7) is 0.112. The summed E-state index contributed by atoms with van der Waals surface area (Å²) < 4.78 is 30.6. The Balaban J connectivity index is 2.48. The van der Waals surface area contributed by atoms with Crippen LogP contribution in [-0.2, 0) is 19.6 Å². The van der Waals surface area contributed by atoms with Gasteiger partial charge >= 0.3 is 11.7 Å². The number of aromatic nitrogens is 2. The maximum Gasteiger partial charge on any atom is 0.325 e. The molecule has 1 unspecified atom stereocenters. The lowest BCUT2D eigenvalue weighted by atomic mass is 10.1. The molecule has 0 radical (unpaired) electrons.